The molecule has 0 fully saturated rings. The Hall–Kier alpha value is -3.35. The molecule has 0 saturated carbocycles. The van der Waals surface area contributed by atoms with E-state index in [1.807, 2.05) is 36.4 Å². The van der Waals surface area contributed by atoms with E-state index in [4.69, 9.17) is 9.84 Å². The lowest BCUT2D eigenvalue weighted by Crippen LogP contribution is -2.48. The number of alkyl carbamates (subject to hydrolysis) is 1. The van der Waals surface area contributed by atoms with E-state index >= 15 is 0 Å². The summed E-state index contributed by atoms with van der Waals surface area (Å²) in [6.45, 7) is 1.25. The molecule has 0 aliphatic heterocycles. The first kappa shape index (κ1) is 20.0. The number of nitrogens with zero attached hydrogens (tertiary/aromatic N) is 1. The summed E-state index contributed by atoms with van der Waals surface area (Å²) in [7, 11) is 0. The minimum atomic E-state index is -1.13. The second kappa shape index (κ2) is 9.96. The first-order valence-corrected chi connectivity index (χ1v) is 8.47. The molecular weight excluding hydrogens is 348 g/mol. The number of benzene rings is 2. The Labute approximate surface area is 157 Å². The Bertz CT molecular complexity index is 764. The first-order valence-electron chi connectivity index (χ1n) is 8.47. The fourth-order valence-electron chi connectivity index (χ4n) is 2.46. The number of amides is 2. The molecule has 142 valence electrons. The van der Waals surface area contributed by atoms with Crippen LogP contribution in [0.25, 0.3) is 0 Å². The Morgan fingerprint density at radius 1 is 1.00 bits per heavy atom. The van der Waals surface area contributed by atoms with Gasteiger partial charge in [0.25, 0.3) is 0 Å². The number of hydrogen-bond acceptors (Lipinski definition) is 4. The van der Waals surface area contributed by atoms with Gasteiger partial charge in [-0.25, -0.2) is 4.79 Å². The van der Waals surface area contributed by atoms with E-state index in [0.29, 0.717) is 0 Å². The number of ether oxygens (including phenoxy) is 1. The van der Waals surface area contributed by atoms with Crippen molar-refractivity contribution in [3.8, 4) is 0 Å². The van der Waals surface area contributed by atoms with Gasteiger partial charge in [-0.05, 0) is 18.1 Å². The molecule has 0 aliphatic rings. The van der Waals surface area contributed by atoms with Crippen LogP contribution in [0.1, 0.15) is 18.1 Å². The minimum absolute atomic E-state index is 0.0798. The quantitative estimate of drug-likeness (QED) is 0.744. The largest absolute Gasteiger partial charge is 0.480 e. The van der Waals surface area contributed by atoms with Crippen LogP contribution in [0.4, 0.5) is 4.79 Å². The Morgan fingerprint density at radius 2 is 1.56 bits per heavy atom. The predicted molar refractivity (Wildman–Crippen MR) is 98.7 cm³/mol. The lowest BCUT2D eigenvalue weighted by molar-refractivity contribution is -0.145. The van der Waals surface area contributed by atoms with Crippen LogP contribution >= 0.6 is 0 Å². The fraction of sp³-hybridized carbons (Fsp3) is 0.250. The number of aliphatic carboxylic acids is 1. The van der Waals surface area contributed by atoms with Crippen molar-refractivity contribution < 1.29 is 24.2 Å². The Kier molecular flexibility index (Phi) is 7.37. The molecule has 7 nitrogen and oxygen atoms in total. The summed E-state index contributed by atoms with van der Waals surface area (Å²) in [5, 5.41) is 11.5. The van der Waals surface area contributed by atoms with Crippen molar-refractivity contribution in [3.05, 3.63) is 71.8 Å². The molecule has 2 aromatic rings. The van der Waals surface area contributed by atoms with E-state index in [9.17, 15) is 14.4 Å². The van der Waals surface area contributed by atoms with Crippen LogP contribution in [-0.2, 0) is 27.5 Å². The average molecular weight is 370 g/mol. The number of carboxylic acid groups (broad SMARTS) is 1. The van der Waals surface area contributed by atoms with Gasteiger partial charge < -0.3 is 20.1 Å². The van der Waals surface area contributed by atoms with Crippen LogP contribution in [0.15, 0.2) is 60.7 Å². The highest BCUT2D eigenvalue weighted by Crippen LogP contribution is 2.07. The molecule has 2 N–H and O–H groups in total. The highest BCUT2D eigenvalue weighted by Gasteiger charge is 2.24. The van der Waals surface area contributed by atoms with Gasteiger partial charge in [0.2, 0.25) is 5.91 Å². The normalized spacial score (nSPS) is 11.3. The number of nitrogens with one attached hydrogen (secondary N) is 1. The summed E-state index contributed by atoms with van der Waals surface area (Å²) in [5.74, 6) is -1.63. The third-order valence-electron chi connectivity index (χ3n) is 3.77. The summed E-state index contributed by atoms with van der Waals surface area (Å²) in [6.07, 6.45) is -0.741. The molecule has 0 unspecified atom stereocenters. The standard InChI is InChI=1S/C20H22N2O5/c1-15(21-20(26)27-14-17-10-6-3-7-11-17)19(25)22(13-18(23)24)12-16-8-4-2-5-9-16/h2-11,15H,12-14H2,1H3,(H,21,26)(H,23,24)/t15-/m0/s1. The van der Waals surface area contributed by atoms with E-state index in [2.05, 4.69) is 5.32 Å². The van der Waals surface area contributed by atoms with Crippen LogP contribution in [0.3, 0.4) is 0 Å². The SMILES string of the molecule is C[C@H](NC(=O)OCc1ccccc1)C(=O)N(CC(=O)O)Cc1ccccc1. The summed E-state index contributed by atoms with van der Waals surface area (Å²) in [6, 6.07) is 17.3. The highest BCUT2D eigenvalue weighted by atomic mass is 16.5. The molecule has 2 amide bonds. The van der Waals surface area contributed by atoms with Gasteiger partial charge in [0.1, 0.15) is 19.2 Å². The second-order valence-corrected chi connectivity index (χ2v) is 6.00. The maximum Gasteiger partial charge on any atom is 0.408 e. The molecule has 0 aliphatic carbocycles. The van der Waals surface area contributed by atoms with Gasteiger partial charge in [0.05, 0.1) is 0 Å². The lowest BCUT2D eigenvalue weighted by atomic mass is 10.2. The van der Waals surface area contributed by atoms with Gasteiger partial charge >= 0.3 is 12.1 Å². The van der Waals surface area contributed by atoms with Crippen molar-refractivity contribution in [2.24, 2.45) is 0 Å². The molecule has 0 saturated heterocycles. The molecule has 0 heterocycles. The molecule has 0 spiro atoms. The lowest BCUT2D eigenvalue weighted by Gasteiger charge is -2.24. The van der Waals surface area contributed by atoms with Gasteiger partial charge in [0.15, 0.2) is 0 Å². The maximum atomic E-state index is 12.6. The zero-order chi connectivity index (χ0) is 19.6. The average Bonchev–Trinajstić information content (AvgIpc) is 2.66. The molecule has 0 aromatic heterocycles. The second-order valence-electron chi connectivity index (χ2n) is 6.00. The molecule has 0 radical (unpaired) electrons. The van der Waals surface area contributed by atoms with Crippen LogP contribution < -0.4 is 5.32 Å². The van der Waals surface area contributed by atoms with E-state index < -0.39 is 30.6 Å². The van der Waals surface area contributed by atoms with Gasteiger partial charge in [-0.2, -0.15) is 0 Å². The molecule has 2 rings (SSSR count). The summed E-state index contributed by atoms with van der Waals surface area (Å²) in [5.41, 5.74) is 1.62. The Balaban J connectivity index is 1.92. The van der Waals surface area contributed by atoms with Gasteiger partial charge in [-0.3, -0.25) is 9.59 Å². The van der Waals surface area contributed by atoms with Crippen LogP contribution in [0.5, 0.6) is 0 Å². The van der Waals surface area contributed by atoms with Crippen molar-refractivity contribution in [1.29, 1.82) is 0 Å². The van der Waals surface area contributed by atoms with E-state index in [-0.39, 0.29) is 13.2 Å². The van der Waals surface area contributed by atoms with Crippen LogP contribution in [-0.4, -0.2) is 40.6 Å². The van der Waals surface area contributed by atoms with Crippen molar-refractivity contribution >= 4 is 18.0 Å². The zero-order valence-corrected chi connectivity index (χ0v) is 15.0. The van der Waals surface area contributed by atoms with Gasteiger partial charge in [-0.1, -0.05) is 60.7 Å². The van der Waals surface area contributed by atoms with Crippen molar-refractivity contribution in [2.45, 2.75) is 26.1 Å². The number of carbonyl (C=O) groups excluding carboxylic acids is 2. The topological polar surface area (TPSA) is 95.9 Å². The summed E-state index contributed by atoms with van der Waals surface area (Å²) >= 11 is 0. The van der Waals surface area contributed by atoms with E-state index in [0.717, 1.165) is 11.1 Å². The number of carbonyl (C=O) groups is 3. The fourth-order valence-corrected chi connectivity index (χ4v) is 2.46. The van der Waals surface area contributed by atoms with Crippen molar-refractivity contribution in [1.82, 2.24) is 10.2 Å². The smallest absolute Gasteiger partial charge is 0.408 e. The van der Waals surface area contributed by atoms with E-state index in [1.165, 1.54) is 11.8 Å². The molecule has 1 atom stereocenters. The number of carboxylic acids is 1. The monoisotopic (exact) mass is 370 g/mol. The summed E-state index contributed by atoms with van der Waals surface area (Å²) < 4.78 is 5.09. The van der Waals surface area contributed by atoms with Gasteiger partial charge in [-0.15, -0.1) is 0 Å². The zero-order valence-electron chi connectivity index (χ0n) is 15.0. The third-order valence-corrected chi connectivity index (χ3v) is 3.77. The molecule has 27 heavy (non-hydrogen) atoms. The summed E-state index contributed by atoms with van der Waals surface area (Å²) in [4.78, 5) is 36.8. The predicted octanol–water partition coefficient (Wildman–Crippen LogP) is 2.41. The number of hydrogen-bond donors (Lipinski definition) is 2. The maximum absolute atomic E-state index is 12.6. The van der Waals surface area contributed by atoms with Crippen LogP contribution in [0.2, 0.25) is 0 Å². The van der Waals surface area contributed by atoms with Crippen molar-refractivity contribution in [3.63, 3.8) is 0 Å². The third kappa shape index (κ3) is 6.81. The van der Waals surface area contributed by atoms with Gasteiger partial charge in [0, 0.05) is 6.54 Å². The van der Waals surface area contributed by atoms with E-state index in [1.54, 1.807) is 24.3 Å². The van der Waals surface area contributed by atoms with Crippen LogP contribution in [0, 0.1) is 0 Å². The Morgan fingerprint density at radius 3 is 2.11 bits per heavy atom. The molecule has 7 heteroatoms. The first-order chi connectivity index (χ1) is 13.0. The molecular formula is C20H22N2O5. The molecule has 2 aromatic carbocycles. The minimum Gasteiger partial charge on any atom is -0.480 e. The molecule has 0 bridgehead atoms. The highest BCUT2D eigenvalue weighted by molar-refractivity contribution is 5.87. The van der Waals surface area contributed by atoms with Crippen molar-refractivity contribution in [2.75, 3.05) is 6.54 Å². The number of rotatable bonds is 8.